The molecule has 3 aromatic rings. The molecule has 2 aromatic carbocycles. The van der Waals surface area contributed by atoms with Crippen LogP contribution in [-0.4, -0.2) is 17.1 Å². The molecule has 0 saturated heterocycles. The monoisotopic (exact) mass is 406 g/mol. The van der Waals surface area contributed by atoms with Crippen molar-refractivity contribution < 1.29 is 9.53 Å². The number of anilines is 2. The van der Waals surface area contributed by atoms with Gasteiger partial charge in [0, 0.05) is 34.1 Å². The van der Waals surface area contributed by atoms with E-state index in [9.17, 15) is 4.79 Å². The number of aromatic nitrogens is 1. The van der Waals surface area contributed by atoms with Gasteiger partial charge in [-0.15, -0.1) is 0 Å². The summed E-state index contributed by atoms with van der Waals surface area (Å²) in [6.45, 7) is 0. The summed E-state index contributed by atoms with van der Waals surface area (Å²) in [5.74, 6) is -0.271. The first-order valence-corrected chi connectivity index (χ1v) is 10.4. The topological polar surface area (TPSA) is 51.2 Å². The van der Waals surface area contributed by atoms with Gasteiger partial charge in [-0.1, -0.05) is 30.2 Å². The molecule has 4 nitrogen and oxygen atoms in total. The van der Waals surface area contributed by atoms with Crippen LogP contribution >= 0.6 is 11.6 Å². The van der Waals surface area contributed by atoms with E-state index in [1.807, 2.05) is 48.5 Å². The Morgan fingerprint density at radius 3 is 2.83 bits per heavy atom. The molecule has 4 rings (SSSR count). The number of benzene rings is 2. The molecule has 0 radical (unpaired) electrons. The first kappa shape index (κ1) is 19.5. The normalized spacial score (nSPS) is 14.9. The highest BCUT2D eigenvalue weighted by Crippen LogP contribution is 2.27. The van der Waals surface area contributed by atoms with E-state index < -0.39 is 0 Å². The molecule has 29 heavy (non-hydrogen) atoms. The van der Waals surface area contributed by atoms with Crippen molar-refractivity contribution in [2.24, 2.45) is 0 Å². The maximum absolute atomic E-state index is 12.1. The number of hydrogen-bond donors (Lipinski definition) is 1. The lowest BCUT2D eigenvalue weighted by atomic mass is 9.98. The summed E-state index contributed by atoms with van der Waals surface area (Å²) in [5, 5.41) is 5.08. The van der Waals surface area contributed by atoms with Crippen LogP contribution in [0.25, 0.3) is 17.0 Å². The van der Waals surface area contributed by atoms with Crippen LogP contribution in [0.4, 0.5) is 11.4 Å². The second kappa shape index (κ2) is 9.10. The average molecular weight is 407 g/mol. The lowest BCUT2D eigenvalue weighted by molar-refractivity contribution is -0.144. The first-order chi connectivity index (χ1) is 14.2. The molecule has 148 valence electrons. The Kier molecular flexibility index (Phi) is 6.11. The number of halogens is 1. The molecular weight excluding hydrogens is 384 g/mol. The van der Waals surface area contributed by atoms with Crippen molar-refractivity contribution in [3.05, 3.63) is 71.4 Å². The Labute approximate surface area is 175 Å². The Bertz CT molecular complexity index is 1040. The second-order valence-corrected chi connectivity index (χ2v) is 7.74. The standard InChI is InChI=1S/C24H23ClN2O2/c25-18-10-11-21-22(13-14-26-23(21)16-18)27-19-6-4-5-17(15-19)9-12-24(28)29-20-7-2-1-3-8-20/h4-6,9-16,20H,1-3,7-8H2,(H,26,27)/b12-9+. The average Bonchev–Trinajstić information content (AvgIpc) is 2.73. The number of hydrogen-bond acceptors (Lipinski definition) is 4. The molecule has 1 N–H and O–H groups in total. The van der Waals surface area contributed by atoms with Gasteiger partial charge >= 0.3 is 5.97 Å². The van der Waals surface area contributed by atoms with Crippen molar-refractivity contribution in [3.63, 3.8) is 0 Å². The van der Waals surface area contributed by atoms with Gasteiger partial charge in [0.25, 0.3) is 0 Å². The third-order valence-electron chi connectivity index (χ3n) is 5.12. The van der Waals surface area contributed by atoms with Crippen molar-refractivity contribution in [1.82, 2.24) is 4.98 Å². The van der Waals surface area contributed by atoms with Gasteiger partial charge in [-0.05, 0) is 73.7 Å². The van der Waals surface area contributed by atoms with Crippen LogP contribution in [0.3, 0.4) is 0 Å². The maximum atomic E-state index is 12.1. The number of nitrogens with one attached hydrogen (secondary N) is 1. The van der Waals surface area contributed by atoms with Gasteiger partial charge in [-0.2, -0.15) is 0 Å². The van der Waals surface area contributed by atoms with E-state index in [-0.39, 0.29) is 12.1 Å². The quantitative estimate of drug-likeness (QED) is 0.387. The molecule has 1 fully saturated rings. The predicted molar refractivity (Wildman–Crippen MR) is 118 cm³/mol. The molecule has 0 unspecified atom stereocenters. The van der Waals surface area contributed by atoms with Crippen LogP contribution < -0.4 is 5.32 Å². The van der Waals surface area contributed by atoms with Crippen molar-refractivity contribution >= 4 is 45.9 Å². The number of pyridine rings is 1. The largest absolute Gasteiger partial charge is 0.459 e. The van der Waals surface area contributed by atoms with Gasteiger partial charge in [0.05, 0.1) is 5.52 Å². The van der Waals surface area contributed by atoms with Crippen LogP contribution in [0, 0.1) is 0 Å². The number of esters is 1. The Balaban J connectivity index is 1.45. The molecule has 0 aliphatic heterocycles. The number of rotatable bonds is 5. The van der Waals surface area contributed by atoms with E-state index in [4.69, 9.17) is 16.3 Å². The Morgan fingerprint density at radius 2 is 1.97 bits per heavy atom. The van der Waals surface area contributed by atoms with E-state index in [0.717, 1.165) is 53.5 Å². The summed E-state index contributed by atoms with van der Waals surface area (Å²) >= 11 is 6.07. The minimum absolute atomic E-state index is 0.0716. The zero-order chi connectivity index (χ0) is 20.1. The Hall–Kier alpha value is -2.85. The summed E-state index contributed by atoms with van der Waals surface area (Å²) in [4.78, 5) is 16.5. The van der Waals surface area contributed by atoms with Gasteiger partial charge in [0.2, 0.25) is 0 Å². The summed E-state index contributed by atoms with van der Waals surface area (Å²) in [6.07, 6.45) is 10.6. The zero-order valence-corrected chi connectivity index (χ0v) is 16.9. The van der Waals surface area contributed by atoms with E-state index in [0.29, 0.717) is 5.02 Å². The molecule has 1 aromatic heterocycles. The molecule has 0 bridgehead atoms. The van der Waals surface area contributed by atoms with Gasteiger partial charge in [-0.25, -0.2) is 4.79 Å². The fourth-order valence-electron chi connectivity index (χ4n) is 3.66. The minimum atomic E-state index is -0.271. The van der Waals surface area contributed by atoms with Crippen molar-refractivity contribution in [3.8, 4) is 0 Å². The van der Waals surface area contributed by atoms with Crippen LogP contribution in [0.2, 0.25) is 5.02 Å². The van der Waals surface area contributed by atoms with Gasteiger partial charge < -0.3 is 10.1 Å². The number of carbonyl (C=O) groups excluding carboxylic acids is 1. The SMILES string of the molecule is O=C(/C=C/c1cccc(Nc2ccnc3cc(Cl)ccc23)c1)OC1CCCCC1. The van der Waals surface area contributed by atoms with Crippen LogP contribution in [0.15, 0.2) is 60.8 Å². The fraction of sp³-hybridized carbons (Fsp3) is 0.250. The van der Waals surface area contributed by atoms with Crippen molar-refractivity contribution in [2.75, 3.05) is 5.32 Å². The minimum Gasteiger partial charge on any atom is -0.459 e. The lowest BCUT2D eigenvalue weighted by Crippen LogP contribution is -2.19. The van der Waals surface area contributed by atoms with Gasteiger partial charge in [-0.3, -0.25) is 4.98 Å². The molecule has 1 aliphatic rings. The highest BCUT2D eigenvalue weighted by Gasteiger charge is 2.16. The van der Waals surface area contributed by atoms with E-state index in [1.165, 1.54) is 12.5 Å². The molecule has 0 spiro atoms. The summed E-state index contributed by atoms with van der Waals surface area (Å²) in [7, 11) is 0. The maximum Gasteiger partial charge on any atom is 0.331 e. The molecule has 0 amide bonds. The summed E-state index contributed by atoms with van der Waals surface area (Å²) in [5.41, 5.74) is 3.64. The lowest BCUT2D eigenvalue weighted by Gasteiger charge is -2.20. The number of ether oxygens (including phenoxy) is 1. The molecule has 1 heterocycles. The molecule has 0 atom stereocenters. The highest BCUT2D eigenvalue weighted by atomic mass is 35.5. The fourth-order valence-corrected chi connectivity index (χ4v) is 3.82. The summed E-state index contributed by atoms with van der Waals surface area (Å²) < 4.78 is 5.54. The van der Waals surface area contributed by atoms with E-state index in [1.54, 1.807) is 12.3 Å². The summed E-state index contributed by atoms with van der Waals surface area (Å²) in [6, 6.07) is 15.5. The number of carbonyl (C=O) groups is 1. The number of nitrogens with zero attached hydrogens (tertiary/aromatic N) is 1. The van der Waals surface area contributed by atoms with E-state index in [2.05, 4.69) is 10.3 Å². The third-order valence-corrected chi connectivity index (χ3v) is 5.35. The van der Waals surface area contributed by atoms with Crippen LogP contribution in [0.5, 0.6) is 0 Å². The zero-order valence-electron chi connectivity index (χ0n) is 16.1. The molecular formula is C24H23ClN2O2. The van der Waals surface area contributed by atoms with E-state index >= 15 is 0 Å². The second-order valence-electron chi connectivity index (χ2n) is 7.30. The van der Waals surface area contributed by atoms with Crippen molar-refractivity contribution in [1.29, 1.82) is 0 Å². The van der Waals surface area contributed by atoms with Gasteiger partial charge in [0.1, 0.15) is 6.10 Å². The smallest absolute Gasteiger partial charge is 0.331 e. The molecule has 1 aliphatic carbocycles. The Morgan fingerprint density at radius 1 is 1.10 bits per heavy atom. The molecule has 1 saturated carbocycles. The van der Waals surface area contributed by atoms with Gasteiger partial charge in [0.15, 0.2) is 0 Å². The van der Waals surface area contributed by atoms with Crippen LogP contribution in [0.1, 0.15) is 37.7 Å². The molecule has 5 heteroatoms. The first-order valence-electron chi connectivity index (χ1n) is 9.97. The van der Waals surface area contributed by atoms with Crippen molar-refractivity contribution in [2.45, 2.75) is 38.2 Å². The third kappa shape index (κ3) is 5.15. The van der Waals surface area contributed by atoms with Crippen LogP contribution in [-0.2, 0) is 9.53 Å². The highest BCUT2D eigenvalue weighted by molar-refractivity contribution is 6.31. The predicted octanol–water partition coefficient (Wildman–Crippen LogP) is 6.52. The number of fused-ring (bicyclic) bond motifs is 1.